The summed E-state index contributed by atoms with van der Waals surface area (Å²) in [5.74, 6) is 4.14. The molecule has 19 heavy (non-hydrogen) atoms. The minimum absolute atomic E-state index is 0.340. The largest absolute Gasteiger partial charge is 0.301 e. The van der Waals surface area contributed by atoms with Crippen molar-refractivity contribution in [3.63, 3.8) is 0 Å². The van der Waals surface area contributed by atoms with Gasteiger partial charge in [-0.1, -0.05) is 0 Å². The molecular formula is C15H23N3S. The second kappa shape index (κ2) is 3.94. The Morgan fingerprint density at radius 3 is 2.16 bits per heavy atom. The van der Waals surface area contributed by atoms with Crippen molar-refractivity contribution in [1.82, 2.24) is 14.8 Å². The third-order valence-electron chi connectivity index (χ3n) is 5.73. The Hall–Kier alpha value is -0.640. The van der Waals surface area contributed by atoms with E-state index in [9.17, 15) is 0 Å². The summed E-state index contributed by atoms with van der Waals surface area (Å²) in [4.78, 5) is 0. The summed E-state index contributed by atoms with van der Waals surface area (Å²) in [6, 6.07) is 0.411. The zero-order valence-corrected chi connectivity index (χ0v) is 12.7. The van der Waals surface area contributed by atoms with Crippen molar-refractivity contribution in [1.29, 1.82) is 0 Å². The first kappa shape index (κ1) is 12.1. The smallest absolute Gasteiger partial charge is 0.195 e. The van der Waals surface area contributed by atoms with Gasteiger partial charge in [0.05, 0.1) is 0 Å². The van der Waals surface area contributed by atoms with Crippen LogP contribution in [-0.2, 0) is 5.41 Å². The number of rotatable bonds is 2. The third-order valence-corrected chi connectivity index (χ3v) is 6.02. The van der Waals surface area contributed by atoms with Gasteiger partial charge in [-0.25, -0.2) is 0 Å². The number of aromatic amines is 1. The van der Waals surface area contributed by atoms with Crippen molar-refractivity contribution in [2.75, 3.05) is 0 Å². The van der Waals surface area contributed by atoms with E-state index in [1.807, 2.05) is 0 Å². The fraction of sp³-hybridized carbons (Fsp3) is 0.867. The minimum atomic E-state index is 0.340. The molecule has 0 spiro atoms. The first-order valence-corrected chi connectivity index (χ1v) is 8.15. The zero-order valence-electron chi connectivity index (χ0n) is 11.9. The predicted octanol–water partition coefficient (Wildman–Crippen LogP) is 3.99. The molecule has 1 heterocycles. The Balaban J connectivity index is 1.82. The fourth-order valence-electron chi connectivity index (χ4n) is 5.54. The van der Waals surface area contributed by atoms with Gasteiger partial charge >= 0.3 is 0 Å². The first-order chi connectivity index (χ1) is 9.07. The highest BCUT2D eigenvalue weighted by molar-refractivity contribution is 7.71. The molecule has 1 N–H and O–H groups in total. The van der Waals surface area contributed by atoms with Crippen LogP contribution in [0.4, 0.5) is 0 Å². The quantitative estimate of drug-likeness (QED) is 0.829. The molecule has 1 aromatic rings. The molecule has 4 aliphatic carbocycles. The van der Waals surface area contributed by atoms with E-state index in [0.717, 1.165) is 22.5 Å². The van der Waals surface area contributed by atoms with E-state index in [2.05, 4.69) is 28.6 Å². The Bertz CT molecular complexity index is 519. The molecule has 0 radical (unpaired) electrons. The van der Waals surface area contributed by atoms with Crippen molar-refractivity contribution in [3.8, 4) is 0 Å². The van der Waals surface area contributed by atoms with Gasteiger partial charge in [0.25, 0.3) is 0 Å². The molecule has 0 unspecified atom stereocenters. The second-order valence-corrected chi connectivity index (χ2v) is 7.90. The maximum absolute atomic E-state index is 5.45. The third kappa shape index (κ3) is 1.68. The number of hydrogen-bond donors (Lipinski definition) is 1. The molecule has 104 valence electrons. The van der Waals surface area contributed by atoms with Crippen LogP contribution in [0.15, 0.2) is 0 Å². The average molecular weight is 277 g/mol. The molecule has 0 amide bonds. The van der Waals surface area contributed by atoms with Gasteiger partial charge in [0, 0.05) is 11.5 Å². The maximum atomic E-state index is 5.45. The van der Waals surface area contributed by atoms with E-state index in [1.165, 1.54) is 44.3 Å². The summed E-state index contributed by atoms with van der Waals surface area (Å²) in [6.07, 6.45) is 8.49. The van der Waals surface area contributed by atoms with Crippen molar-refractivity contribution in [3.05, 3.63) is 10.6 Å². The van der Waals surface area contributed by atoms with E-state index in [0.29, 0.717) is 11.5 Å². The Morgan fingerprint density at radius 1 is 1.16 bits per heavy atom. The highest BCUT2D eigenvalue weighted by atomic mass is 32.1. The van der Waals surface area contributed by atoms with E-state index in [-0.39, 0.29) is 0 Å². The average Bonchev–Trinajstić information content (AvgIpc) is 2.70. The topological polar surface area (TPSA) is 33.6 Å². The minimum Gasteiger partial charge on any atom is -0.301 e. The Labute approximate surface area is 119 Å². The molecule has 0 aliphatic heterocycles. The standard InChI is InChI=1S/C15H23N3S/c1-9(2)18-13(16-17-14(18)19)15-6-10-3-11(7-15)5-12(4-10)8-15/h9-12H,3-8H2,1-2H3,(H,17,19). The molecule has 4 aliphatic rings. The zero-order chi connectivity index (χ0) is 13.2. The van der Waals surface area contributed by atoms with Crippen LogP contribution < -0.4 is 0 Å². The van der Waals surface area contributed by atoms with Gasteiger partial charge in [-0.15, -0.1) is 0 Å². The summed E-state index contributed by atoms with van der Waals surface area (Å²) in [6.45, 7) is 4.44. The SMILES string of the molecule is CC(C)n1c(C23CC4CC(CC(C4)C2)C3)n[nH]c1=S. The molecule has 3 nitrogen and oxygen atoms in total. The number of nitrogens with one attached hydrogen (secondary N) is 1. The first-order valence-electron chi connectivity index (χ1n) is 7.75. The number of nitrogens with zero attached hydrogens (tertiary/aromatic N) is 2. The predicted molar refractivity (Wildman–Crippen MR) is 77.6 cm³/mol. The normalized spacial score (nSPS) is 40.3. The maximum Gasteiger partial charge on any atom is 0.195 e. The lowest BCUT2D eigenvalue weighted by Crippen LogP contribution is -2.49. The highest BCUT2D eigenvalue weighted by Gasteiger charge is 2.53. The molecule has 4 fully saturated rings. The van der Waals surface area contributed by atoms with Gasteiger partial charge in [-0.2, -0.15) is 5.10 Å². The summed E-state index contributed by atoms with van der Waals surface area (Å²) in [5.41, 5.74) is 0.340. The van der Waals surface area contributed by atoms with Crippen LogP contribution in [0.25, 0.3) is 0 Å². The van der Waals surface area contributed by atoms with Crippen LogP contribution in [0.3, 0.4) is 0 Å². The van der Waals surface area contributed by atoms with Gasteiger partial charge in [-0.05, 0) is 82.3 Å². The van der Waals surface area contributed by atoms with Crippen molar-refractivity contribution >= 4 is 12.2 Å². The van der Waals surface area contributed by atoms with Gasteiger partial charge < -0.3 is 4.57 Å². The Kier molecular flexibility index (Phi) is 2.51. The summed E-state index contributed by atoms with van der Waals surface area (Å²) in [7, 11) is 0. The number of aromatic nitrogens is 3. The lowest BCUT2D eigenvalue weighted by molar-refractivity contribution is -0.0116. The summed E-state index contributed by atoms with van der Waals surface area (Å²) >= 11 is 5.45. The molecule has 4 bridgehead atoms. The molecule has 4 heteroatoms. The summed E-state index contributed by atoms with van der Waals surface area (Å²) < 4.78 is 3.09. The van der Waals surface area contributed by atoms with E-state index in [4.69, 9.17) is 12.2 Å². The monoisotopic (exact) mass is 277 g/mol. The van der Waals surface area contributed by atoms with Crippen molar-refractivity contribution in [2.45, 2.75) is 63.8 Å². The Morgan fingerprint density at radius 2 is 1.68 bits per heavy atom. The lowest BCUT2D eigenvalue weighted by Gasteiger charge is -2.56. The van der Waals surface area contributed by atoms with E-state index < -0.39 is 0 Å². The summed E-state index contributed by atoms with van der Waals surface area (Å²) in [5, 5.41) is 7.73. The van der Waals surface area contributed by atoms with Crippen LogP contribution in [0.2, 0.25) is 0 Å². The van der Waals surface area contributed by atoms with Gasteiger partial charge in [0.2, 0.25) is 0 Å². The number of H-pyrrole nitrogens is 1. The van der Waals surface area contributed by atoms with Crippen LogP contribution in [-0.4, -0.2) is 14.8 Å². The van der Waals surface area contributed by atoms with Crippen LogP contribution >= 0.6 is 12.2 Å². The van der Waals surface area contributed by atoms with Crippen LogP contribution in [0, 0.1) is 22.5 Å². The lowest BCUT2D eigenvalue weighted by atomic mass is 9.49. The molecule has 0 aromatic carbocycles. The van der Waals surface area contributed by atoms with Crippen LogP contribution in [0.5, 0.6) is 0 Å². The van der Waals surface area contributed by atoms with Gasteiger partial charge in [0.15, 0.2) is 4.77 Å². The fourth-order valence-corrected chi connectivity index (χ4v) is 5.89. The van der Waals surface area contributed by atoms with Gasteiger partial charge in [-0.3, -0.25) is 5.10 Å². The molecule has 1 aromatic heterocycles. The highest BCUT2D eigenvalue weighted by Crippen LogP contribution is 2.60. The number of hydrogen-bond acceptors (Lipinski definition) is 2. The van der Waals surface area contributed by atoms with Crippen molar-refractivity contribution < 1.29 is 0 Å². The molecule has 0 saturated heterocycles. The van der Waals surface area contributed by atoms with E-state index in [1.54, 1.807) is 0 Å². The molecular weight excluding hydrogens is 254 g/mol. The van der Waals surface area contributed by atoms with Crippen molar-refractivity contribution in [2.24, 2.45) is 17.8 Å². The van der Waals surface area contributed by atoms with E-state index >= 15 is 0 Å². The van der Waals surface area contributed by atoms with Gasteiger partial charge in [0.1, 0.15) is 5.82 Å². The second-order valence-electron chi connectivity index (χ2n) is 7.51. The van der Waals surface area contributed by atoms with Crippen LogP contribution in [0.1, 0.15) is 64.2 Å². The molecule has 0 atom stereocenters. The molecule has 4 saturated carbocycles. The molecule has 5 rings (SSSR count).